The molecule has 0 saturated carbocycles. The summed E-state index contributed by atoms with van der Waals surface area (Å²) >= 11 is 0. The molecule has 220 valence electrons. The van der Waals surface area contributed by atoms with Gasteiger partial charge in [-0.25, -0.2) is 0 Å². The molecular weight excluding hydrogens is 556 g/mol. The van der Waals surface area contributed by atoms with Crippen LogP contribution in [0.2, 0.25) is 0 Å². The summed E-state index contributed by atoms with van der Waals surface area (Å²) in [6.45, 7) is 6.50. The molecule has 1 N–H and O–H groups in total. The smallest absolute Gasteiger partial charge is 0.0782 e. The molecule has 8 rings (SSSR count). The summed E-state index contributed by atoms with van der Waals surface area (Å²) < 4.78 is 0. The second kappa shape index (κ2) is 11.3. The van der Waals surface area contributed by atoms with Crippen LogP contribution in [-0.4, -0.2) is 0 Å². The molecule has 6 aromatic rings. The Balaban J connectivity index is 1.48. The molecule has 2 heteroatoms. The standard InChI is InChI=1S/C44H34N2/c1-3-4-7-16-31(2)33-25-27-40-38(29-33)44(39-30-34(26-28-41(39)45-40)32-17-8-5-9-18-32)36-21-12-14-23-42(36)46(35-19-10-6-11-20-35)43-24-15-13-22-37(43)44/h3-30,45H,2H2,1H3/b4-3-,16-7-. The average Bonchev–Trinajstić information content (AvgIpc) is 3.12. The molecule has 0 radical (unpaired) electrons. The number of nitrogens with one attached hydrogen (secondary N) is 1. The summed E-state index contributed by atoms with van der Waals surface area (Å²) in [6, 6.07) is 52.9. The summed E-state index contributed by atoms with van der Waals surface area (Å²) in [5.74, 6) is 0. The van der Waals surface area contributed by atoms with Crippen LogP contribution in [0.25, 0.3) is 16.7 Å². The van der Waals surface area contributed by atoms with Crippen LogP contribution in [0.3, 0.4) is 0 Å². The number of benzene rings is 6. The third kappa shape index (κ3) is 4.26. The van der Waals surface area contributed by atoms with Gasteiger partial charge in [0.2, 0.25) is 0 Å². The fourth-order valence-corrected chi connectivity index (χ4v) is 7.29. The van der Waals surface area contributed by atoms with Gasteiger partial charge in [-0.05, 0) is 100.0 Å². The first-order valence-electron chi connectivity index (χ1n) is 15.8. The monoisotopic (exact) mass is 590 g/mol. The van der Waals surface area contributed by atoms with E-state index in [-0.39, 0.29) is 0 Å². The van der Waals surface area contributed by atoms with Gasteiger partial charge in [0.05, 0.1) is 16.8 Å². The van der Waals surface area contributed by atoms with Crippen molar-refractivity contribution in [3.63, 3.8) is 0 Å². The Labute approximate surface area is 271 Å². The van der Waals surface area contributed by atoms with Crippen LogP contribution in [0.4, 0.5) is 28.4 Å². The van der Waals surface area contributed by atoms with Gasteiger partial charge >= 0.3 is 0 Å². The number of anilines is 5. The van der Waals surface area contributed by atoms with Crippen molar-refractivity contribution < 1.29 is 0 Å². The molecule has 2 heterocycles. The van der Waals surface area contributed by atoms with E-state index in [1.165, 1.54) is 44.8 Å². The molecule has 1 spiro atoms. The Morgan fingerprint density at radius 3 is 1.85 bits per heavy atom. The predicted molar refractivity (Wildman–Crippen MR) is 195 cm³/mol. The van der Waals surface area contributed by atoms with E-state index in [0.717, 1.165) is 28.2 Å². The molecule has 2 aliphatic heterocycles. The zero-order valence-corrected chi connectivity index (χ0v) is 25.8. The lowest BCUT2D eigenvalue weighted by molar-refractivity contribution is 0.727. The van der Waals surface area contributed by atoms with Gasteiger partial charge in [-0.1, -0.05) is 128 Å². The Kier molecular flexibility index (Phi) is 6.77. The van der Waals surface area contributed by atoms with Crippen LogP contribution < -0.4 is 10.2 Å². The van der Waals surface area contributed by atoms with E-state index in [1.54, 1.807) is 0 Å². The maximum Gasteiger partial charge on any atom is 0.0782 e. The van der Waals surface area contributed by atoms with Crippen LogP contribution in [0.1, 0.15) is 34.7 Å². The van der Waals surface area contributed by atoms with E-state index < -0.39 is 5.41 Å². The van der Waals surface area contributed by atoms with E-state index in [1.807, 2.05) is 19.1 Å². The van der Waals surface area contributed by atoms with Crippen LogP contribution >= 0.6 is 0 Å². The van der Waals surface area contributed by atoms with Crippen molar-refractivity contribution in [3.8, 4) is 11.1 Å². The third-order valence-electron chi connectivity index (χ3n) is 9.31. The van der Waals surface area contributed by atoms with Gasteiger partial charge in [0.25, 0.3) is 0 Å². The Hall–Kier alpha value is -5.86. The number of fused-ring (bicyclic) bond motifs is 8. The first-order valence-corrected chi connectivity index (χ1v) is 15.8. The third-order valence-corrected chi connectivity index (χ3v) is 9.31. The van der Waals surface area contributed by atoms with Gasteiger partial charge in [-0.15, -0.1) is 0 Å². The highest BCUT2D eigenvalue weighted by Gasteiger charge is 2.50. The van der Waals surface area contributed by atoms with Crippen molar-refractivity contribution in [2.75, 3.05) is 10.2 Å². The zero-order chi connectivity index (χ0) is 31.1. The van der Waals surface area contributed by atoms with E-state index >= 15 is 0 Å². The summed E-state index contributed by atoms with van der Waals surface area (Å²) in [7, 11) is 0. The average molecular weight is 591 g/mol. The Morgan fingerprint density at radius 1 is 0.587 bits per heavy atom. The second-order valence-electron chi connectivity index (χ2n) is 11.9. The van der Waals surface area contributed by atoms with Crippen molar-refractivity contribution in [2.45, 2.75) is 12.3 Å². The van der Waals surface area contributed by atoms with E-state index in [9.17, 15) is 0 Å². The Bertz CT molecular complexity index is 2110. The highest BCUT2D eigenvalue weighted by Crippen LogP contribution is 2.62. The van der Waals surface area contributed by atoms with Crippen LogP contribution in [0.5, 0.6) is 0 Å². The molecule has 0 atom stereocenters. The molecule has 0 aliphatic carbocycles. The second-order valence-corrected chi connectivity index (χ2v) is 11.9. The molecule has 2 nitrogen and oxygen atoms in total. The fraction of sp³-hybridized carbons (Fsp3) is 0.0455. The summed E-state index contributed by atoms with van der Waals surface area (Å²) in [4.78, 5) is 2.42. The minimum absolute atomic E-state index is 0.595. The highest BCUT2D eigenvalue weighted by atomic mass is 15.2. The van der Waals surface area contributed by atoms with Gasteiger partial charge in [-0.3, -0.25) is 0 Å². The topological polar surface area (TPSA) is 15.3 Å². The van der Waals surface area contributed by atoms with Gasteiger partial charge in [0, 0.05) is 17.1 Å². The molecule has 0 bridgehead atoms. The lowest BCUT2D eigenvalue weighted by Gasteiger charge is -2.49. The van der Waals surface area contributed by atoms with E-state index in [0.29, 0.717) is 0 Å². The molecule has 0 saturated heterocycles. The molecule has 46 heavy (non-hydrogen) atoms. The number of hydrogen-bond donors (Lipinski definition) is 1. The first-order chi connectivity index (χ1) is 22.7. The van der Waals surface area contributed by atoms with Crippen LogP contribution in [0.15, 0.2) is 176 Å². The van der Waals surface area contributed by atoms with Crippen LogP contribution in [-0.2, 0) is 5.41 Å². The zero-order valence-electron chi connectivity index (χ0n) is 25.8. The summed E-state index contributed by atoms with van der Waals surface area (Å²) in [5.41, 5.74) is 14.5. The van der Waals surface area contributed by atoms with E-state index in [2.05, 4.69) is 175 Å². The van der Waals surface area contributed by atoms with E-state index in [4.69, 9.17) is 0 Å². The highest BCUT2D eigenvalue weighted by molar-refractivity contribution is 5.95. The summed E-state index contributed by atoms with van der Waals surface area (Å²) in [5, 5.41) is 3.84. The molecule has 0 aromatic heterocycles. The lowest BCUT2D eigenvalue weighted by atomic mass is 9.60. The predicted octanol–water partition coefficient (Wildman–Crippen LogP) is 11.7. The molecule has 2 aliphatic rings. The number of allylic oxidation sites excluding steroid dienone is 5. The lowest BCUT2D eigenvalue weighted by Crippen LogP contribution is -2.40. The SMILES string of the molecule is C=C(/C=C\C=C/C)c1ccc2c(c1)C1(c3cc(-c4ccccc4)ccc3N2)c2ccccc2N(c2ccccc2)c2ccccc21. The molecule has 6 aromatic carbocycles. The number of nitrogens with zero attached hydrogens (tertiary/aromatic N) is 1. The minimum atomic E-state index is -0.595. The fourth-order valence-electron chi connectivity index (χ4n) is 7.29. The Morgan fingerprint density at radius 2 is 1.17 bits per heavy atom. The number of hydrogen-bond acceptors (Lipinski definition) is 2. The largest absolute Gasteiger partial charge is 0.355 e. The molecule has 0 amide bonds. The normalized spacial score (nSPS) is 14.0. The molecule has 0 fully saturated rings. The van der Waals surface area contributed by atoms with Crippen molar-refractivity contribution in [1.82, 2.24) is 0 Å². The van der Waals surface area contributed by atoms with Gasteiger partial charge in [-0.2, -0.15) is 0 Å². The number of para-hydroxylation sites is 3. The number of rotatable bonds is 5. The molecular formula is C44H34N2. The van der Waals surface area contributed by atoms with Crippen molar-refractivity contribution in [2.24, 2.45) is 0 Å². The minimum Gasteiger partial charge on any atom is -0.355 e. The maximum absolute atomic E-state index is 4.47. The first kappa shape index (κ1) is 27.7. The van der Waals surface area contributed by atoms with Gasteiger partial charge in [0.15, 0.2) is 0 Å². The van der Waals surface area contributed by atoms with Crippen molar-refractivity contribution >= 4 is 34.0 Å². The van der Waals surface area contributed by atoms with Gasteiger partial charge < -0.3 is 10.2 Å². The molecule has 0 unspecified atom stereocenters. The van der Waals surface area contributed by atoms with Crippen LogP contribution in [0, 0.1) is 0 Å². The quantitative estimate of drug-likeness (QED) is 0.201. The van der Waals surface area contributed by atoms with Crippen molar-refractivity contribution in [3.05, 3.63) is 204 Å². The maximum atomic E-state index is 4.47. The van der Waals surface area contributed by atoms with Gasteiger partial charge in [0.1, 0.15) is 0 Å². The summed E-state index contributed by atoms with van der Waals surface area (Å²) in [6.07, 6.45) is 8.22. The van der Waals surface area contributed by atoms with Crippen molar-refractivity contribution in [1.29, 1.82) is 0 Å².